The van der Waals surface area contributed by atoms with Crippen molar-refractivity contribution < 1.29 is 42.0 Å². The highest BCUT2D eigenvalue weighted by Crippen LogP contribution is 2.42. The van der Waals surface area contributed by atoms with E-state index >= 15 is 0 Å². The van der Waals surface area contributed by atoms with Gasteiger partial charge in [0, 0.05) is 23.1 Å². The SMILES string of the molecule is O=C(O)C[C@@H]1COc2cc(OCc3cc(C(F)(F)F)cc4c3OCO4)ccc21. The topological polar surface area (TPSA) is 74.2 Å². The Labute approximate surface area is 157 Å². The zero-order valence-electron chi connectivity index (χ0n) is 14.4. The lowest BCUT2D eigenvalue weighted by atomic mass is 9.98. The molecule has 2 heterocycles. The van der Waals surface area contributed by atoms with E-state index in [1.165, 1.54) is 0 Å². The van der Waals surface area contributed by atoms with Gasteiger partial charge in [-0.3, -0.25) is 4.79 Å². The van der Waals surface area contributed by atoms with Crippen LogP contribution in [0.25, 0.3) is 0 Å². The first-order valence-corrected chi connectivity index (χ1v) is 8.42. The normalized spacial score (nSPS) is 17.2. The van der Waals surface area contributed by atoms with Crippen LogP contribution in [0.2, 0.25) is 0 Å². The number of benzene rings is 2. The molecule has 2 aliphatic heterocycles. The van der Waals surface area contributed by atoms with E-state index < -0.39 is 17.7 Å². The van der Waals surface area contributed by atoms with E-state index in [1.54, 1.807) is 18.2 Å². The zero-order valence-corrected chi connectivity index (χ0v) is 14.4. The predicted molar refractivity (Wildman–Crippen MR) is 88.8 cm³/mol. The van der Waals surface area contributed by atoms with Crippen LogP contribution < -0.4 is 18.9 Å². The molecule has 0 bridgehead atoms. The Bertz CT molecular complexity index is 925. The predicted octanol–water partition coefficient (Wildman–Crippen LogP) is 3.96. The Balaban J connectivity index is 1.53. The lowest BCUT2D eigenvalue weighted by molar-refractivity contribution is -0.138. The minimum absolute atomic E-state index is 0.0298. The summed E-state index contributed by atoms with van der Waals surface area (Å²) in [6.07, 6.45) is -4.56. The third-order valence-corrected chi connectivity index (χ3v) is 4.56. The first-order valence-electron chi connectivity index (χ1n) is 8.42. The summed E-state index contributed by atoms with van der Waals surface area (Å²) in [5, 5.41) is 8.94. The molecule has 0 amide bonds. The molecule has 0 fully saturated rings. The zero-order chi connectivity index (χ0) is 19.9. The van der Waals surface area contributed by atoms with Crippen molar-refractivity contribution in [2.45, 2.75) is 25.1 Å². The minimum atomic E-state index is -4.52. The largest absolute Gasteiger partial charge is 0.492 e. The number of halogens is 3. The van der Waals surface area contributed by atoms with E-state index in [2.05, 4.69) is 0 Å². The number of ether oxygens (including phenoxy) is 4. The van der Waals surface area contributed by atoms with Gasteiger partial charge in [0.1, 0.15) is 18.1 Å². The molecule has 2 aliphatic rings. The molecule has 2 aromatic rings. The number of hydrogen-bond acceptors (Lipinski definition) is 5. The van der Waals surface area contributed by atoms with Crippen molar-refractivity contribution in [1.82, 2.24) is 0 Å². The molecule has 9 heteroatoms. The first kappa shape index (κ1) is 18.3. The Kier molecular flexibility index (Phi) is 4.44. The molecular weight excluding hydrogens is 381 g/mol. The third-order valence-electron chi connectivity index (χ3n) is 4.56. The Morgan fingerprint density at radius 1 is 1.14 bits per heavy atom. The second-order valence-electron chi connectivity index (χ2n) is 6.46. The maximum absolute atomic E-state index is 13.1. The van der Waals surface area contributed by atoms with Crippen molar-refractivity contribution in [1.29, 1.82) is 0 Å². The summed E-state index contributed by atoms with van der Waals surface area (Å²) in [6.45, 7) is -0.0499. The van der Waals surface area contributed by atoms with Gasteiger partial charge in [0.05, 0.1) is 18.6 Å². The summed E-state index contributed by atoms with van der Waals surface area (Å²) in [7, 11) is 0. The van der Waals surface area contributed by atoms with E-state index in [1.807, 2.05) is 0 Å². The number of hydrogen-bond donors (Lipinski definition) is 1. The average Bonchev–Trinajstić information content (AvgIpc) is 3.25. The fourth-order valence-electron chi connectivity index (χ4n) is 3.24. The van der Waals surface area contributed by atoms with Crippen LogP contribution in [0, 0.1) is 0 Å². The van der Waals surface area contributed by atoms with Crippen molar-refractivity contribution in [2.24, 2.45) is 0 Å². The lowest BCUT2D eigenvalue weighted by Crippen LogP contribution is -2.07. The Morgan fingerprint density at radius 3 is 2.71 bits per heavy atom. The van der Waals surface area contributed by atoms with Gasteiger partial charge in [0.25, 0.3) is 0 Å². The van der Waals surface area contributed by atoms with Crippen molar-refractivity contribution in [3.63, 3.8) is 0 Å². The lowest BCUT2D eigenvalue weighted by Gasteiger charge is -2.13. The van der Waals surface area contributed by atoms with E-state index in [-0.39, 0.29) is 49.4 Å². The van der Waals surface area contributed by atoms with Gasteiger partial charge in [-0.1, -0.05) is 6.07 Å². The highest BCUT2D eigenvalue weighted by atomic mass is 19.4. The van der Waals surface area contributed by atoms with Gasteiger partial charge in [-0.15, -0.1) is 0 Å². The molecule has 148 valence electrons. The third kappa shape index (κ3) is 3.51. The van der Waals surface area contributed by atoms with E-state index in [9.17, 15) is 18.0 Å². The number of carbonyl (C=O) groups is 1. The van der Waals surface area contributed by atoms with Gasteiger partial charge in [0.15, 0.2) is 11.5 Å². The van der Waals surface area contributed by atoms with Crippen LogP contribution >= 0.6 is 0 Å². The van der Waals surface area contributed by atoms with Gasteiger partial charge in [-0.2, -0.15) is 13.2 Å². The van der Waals surface area contributed by atoms with Crippen LogP contribution in [-0.2, 0) is 17.6 Å². The highest BCUT2D eigenvalue weighted by Gasteiger charge is 2.34. The van der Waals surface area contributed by atoms with E-state index in [0.29, 0.717) is 11.5 Å². The summed E-state index contributed by atoms with van der Waals surface area (Å²) >= 11 is 0. The number of rotatable bonds is 5. The number of alkyl halides is 3. The molecule has 0 saturated heterocycles. The minimum Gasteiger partial charge on any atom is -0.492 e. The molecule has 0 aliphatic carbocycles. The van der Waals surface area contributed by atoms with Crippen molar-refractivity contribution in [3.05, 3.63) is 47.0 Å². The van der Waals surface area contributed by atoms with Crippen molar-refractivity contribution in [2.75, 3.05) is 13.4 Å². The molecular formula is C19H15F3O6. The summed E-state index contributed by atoms with van der Waals surface area (Å²) < 4.78 is 60.7. The molecule has 1 atom stereocenters. The molecule has 0 saturated carbocycles. The smallest absolute Gasteiger partial charge is 0.416 e. The standard InChI is InChI=1S/C19H15F3O6/c20-19(21,22)12-3-11(18-16(5-12)27-9-28-18)8-25-13-1-2-14-10(4-17(23)24)7-26-15(14)6-13/h1-3,5-6,10H,4,7-9H2,(H,23,24)/t10-/m1/s1. The summed E-state index contributed by atoms with van der Waals surface area (Å²) in [4.78, 5) is 10.9. The van der Waals surface area contributed by atoms with Crippen LogP contribution in [0.15, 0.2) is 30.3 Å². The number of carboxylic acids is 1. The molecule has 28 heavy (non-hydrogen) atoms. The molecule has 0 aromatic heterocycles. The maximum atomic E-state index is 13.1. The van der Waals surface area contributed by atoms with Gasteiger partial charge >= 0.3 is 12.1 Å². The van der Waals surface area contributed by atoms with Crippen molar-refractivity contribution in [3.8, 4) is 23.0 Å². The van der Waals surface area contributed by atoms with E-state index in [4.69, 9.17) is 24.1 Å². The van der Waals surface area contributed by atoms with Crippen LogP contribution in [0.5, 0.6) is 23.0 Å². The Hall–Kier alpha value is -3.10. The number of fused-ring (bicyclic) bond motifs is 2. The summed E-state index contributed by atoms with van der Waals surface area (Å²) in [5.41, 5.74) is 0.142. The van der Waals surface area contributed by atoms with Crippen LogP contribution in [-0.4, -0.2) is 24.5 Å². The maximum Gasteiger partial charge on any atom is 0.416 e. The molecule has 4 rings (SSSR count). The highest BCUT2D eigenvalue weighted by molar-refractivity contribution is 5.68. The molecule has 0 spiro atoms. The van der Waals surface area contributed by atoms with Gasteiger partial charge in [-0.25, -0.2) is 0 Å². The van der Waals surface area contributed by atoms with Gasteiger partial charge in [-0.05, 0) is 18.2 Å². The number of aliphatic carboxylic acids is 1. The van der Waals surface area contributed by atoms with Crippen LogP contribution in [0.1, 0.15) is 29.0 Å². The average molecular weight is 396 g/mol. The van der Waals surface area contributed by atoms with Gasteiger partial charge < -0.3 is 24.1 Å². The molecule has 0 radical (unpaired) electrons. The molecule has 1 N–H and O–H groups in total. The Morgan fingerprint density at radius 2 is 1.96 bits per heavy atom. The fourth-order valence-corrected chi connectivity index (χ4v) is 3.24. The number of carboxylic acid groups (broad SMARTS) is 1. The second kappa shape index (κ2) is 6.81. The molecule has 0 unspecified atom stereocenters. The monoisotopic (exact) mass is 396 g/mol. The van der Waals surface area contributed by atoms with E-state index in [0.717, 1.165) is 17.7 Å². The fraction of sp³-hybridized carbons (Fsp3) is 0.316. The van der Waals surface area contributed by atoms with Gasteiger partial charge in [0.2, 0.25) is 6.79 Å². The molecule has 2 aromatic carbocycles. The quantitative estimate of drug-likeness (QED) is 0.825. The van der Waals surface area contributed by atoms with Crippen molar-refractivity contribution >= 4 is 5.97 Å². The first-order chi connectivity index (χ1) is 13.3. The summed E-state index contributed by atoms with van der Waals surface area (Å²) in [6, 6.07) is 6.81. The van der Waals surface area contributed by atoms with Crippen LogP contribution in [0.3, 0.4) is 0 Å². The second-order valence-corrected chi connectivity index (χ2v) is 6.46. The summed E-state index contributed by atoms with van der Waals surface area (Å²) in [5.74, 6) is 0.00722. The molecule has 6 nitrogen and oxygen atoms in total. The van der Waals surface area contributed by atoms with Crippen LogP contribution in [0.4, 0.5) is 13.2 Å².